The molecule has 2 rings (SSSR count). The molecular weight excluding hydrogens is 264 g/mol. The number of amides is 1. The maximum absolute atomic E-state index is 12.4. The first-order valence-corrected chi connectivity index (χ1v) is 7.75. The Kier molecular flexibility index (Phi) is 5.62. The van der Waals surface area contributed by atoms with Crippen LogP contribution in [0.2, 0.25) is 0 Å². The average molecular weight is 290 g/mol. The predicted octanol–water partition coefficient (Wildman–Crippen LogP) is 2.00. The summed E-state index contributed by atoms with van der Waals surface area (Å²) in [5.74, 6) is 1.26. The summed E-state index contributed by atoms with van der Waals surface area (Å²) in [7, 11) is 1.70. The number of aryl methyl sites for hydroxylation is 2. The monoisotopic (exact) mass is 290 g/mol. The fourth-order valence-corrected chi connectivity index (χ4v) is 2.80. The van der Waals surface area contributed by atoms with Gasteiger partial charge in [0.1, 0.15) is 5.75 Å². The smallest absolute Gasteiger partial charge is 0.225 e. The van der Waals surface area contributed by atoms with Gasteiger partial charge in [0.2, 0.25) is 5.91 Å². The quantitative estimate of drug-likeness (QED) is 0.902. The molecule has 4 heteroatoms. The van der Waals surface area contributed by atoms with E-state index in [1.54, 1.807) is 7.11 Å². The van der Waals surface area contributed by atoms with Gasteiger partial charge in [-0.3, -0.25) is 4.79 Å². The van der Waals surface area contributed by atoms with E-state index < -0.39 is 0 Å². The number of hydrogen-bond donors (Lipinski definition) is 1. The highest BCUT2D eigenvalue weighted by atomic mass is 16.5. The van der Waals surface area contributed by atoms with Gasteiger partial charge in [0.25, 0.3) is 0 Å². The van der Waals surface area contributed by atoms with Gasteiger partial charge in [0, 0.05) is 32.1 Å². The molecule has 0 spiro atoms. The first-order chi connectivity index (χ1) is 10.1. The fourth-order valence-electron chi connectivity index (χ4n) is 2.80. The Morgan fingerprint density at radius 1 is 1.38 bits per heavy atom. The number of hydrogen-bond acceptors (Lipinski definition) is 3. The van der Waals surface area contributed by atoms with Crippen LogP contribution < -0.4 is 10.1 Å². The van der Waals surface area contributed by atoms with Crippen molar-refractivity contribution in [1.82, 2.24) is 10.2 Å². The molecule has 1 aromatic rings. The van der Waals surface area contributed by atoms with E-state index in [0.717, 1.165) is 44.8 Å². The minimum absolute atomic E-state index is 0.0633. The highest BCUT2D eigenvalue weighted by molar-refractivity contribution is 5.78. The first-order valence-electron chi connectivity index (χ1n) is 7.75. The van der Waals surface area contributed by atoms with Crippen molar-refractivity contribution >= 4 is 5.91 Å². The molecule has 21 heavy (non-hydrogen) atoms. The molecule has 1 saturated heterocycles. The molecule has 0 aromatic heterocycles. The average Bonchev–Trinajstić information content (AvgIpc) is 2.52. The lowest BCUT2D eigenvalue weighted by Crippen LogP contribution is -2.48. The van der Waals surface area contributed by atoms with Gasteiger partial charge in [0.15, 0.2) is 0 Å². The second kappa shape index (κ2) is 7.46. The molecule has 116 valence electrons. The van der Waals surface area contributed by atoms with Crippen LogP contribution in [0, 0.1) is 12.8 Å². The molecule has 1 atom stereocenters. The third-order valence-corrected chi connectivity index (χ3v) is 4.13. The van der Waals surface area contributed by atoms with Crippen LogP contribution in [0.5, 0.6) is 5.75 Å². The lowest BCUT2D eigenvalue weighted by atomic mass is 9.98. The minimum atomic E-state index is 0.0633. The molecule has 4 nitrogen and oxygen atoms in total. The lowest BCUT2D eigenvalue weighted by Gasteiger charge is -2.29. The molecule has 1 aliphatic heterocycles. The summed E-state index contributed by atoms with van der Waals surface area (Å²) in [5, 5.41) is 3.28. The van der Waals surface area contributed by atoms with Gasteiger partial charge in [-0.1, -0.05) is 24.6 Å². The molecule has 0 bridgehead atoms. The molecule has 0 radical (unpaired) electrons. The number of benzene rings is 1. The highest BCUT2D eigenvalue weighted by Gasteiger charge is 2.22. The summed E-state index contributed by atoms with van der Waals surface area (Å²) >= 11 is 0. The van der Waals surface area contributed by atoms with Gasteiger partial charge in [-0.05, 0) is 31.4 Å². The molecule has 1 fully saturated rings. The van der Waals surface area contributed by atoms with Crippen molar-refractivity contribution in [3.05, 3.63) is 29.3 Å². The van der Waals surface area contributed by atoms with Crippen LogP contribution in [0.4, 0.5) is 0 Å². The number of nitrogens with one attached hydrogen (secondary N) is 1. The van der Waals surface area contributed by atoms with E-state index in [1.807, 2.05) is 17.9 Å². The number of ether oxygens (including phenoxy) is 1. The number of methoxy groups -OCH3 is 1. The highest BCUT2D eigenvalue weighted by Crippen LogP contribution is 2.23. The van der Waals surface area contributed by atoms with Gasteiger partial charge < -0.3 is 15.0 Å². The third-order valence-electron chi connectivity index (χ3n) is 4.13. The van der Waals surface area contributed by atoms with Gasteiger partial charge in [-0.2, -0.15) is 0 Å². The number of carbonyl (C=O) groups is 1. The van der Waals surface area contributed by atoms with Crippen LogP contribution in [-0.2, 0) is 11.2 Å². The van der Waals surface area contributed by atoms with E-state index in [0.29, 0.717) is 0 Å². The Morgan fingerprint density at radius 2 is 2.10 bits per heavy atom. The van der Waals surface area contributed by atoms with E-state index in [1.165, 1.54) is 11.1 Å². The molecule has 0 aliphatic carbocycles. The normalized spacial score (nSPS) is 16.6. The van der Waals surface area contributed by atoms with Crippen LogP contribution in [0.25, 0.3) is 0 Å². The summed E-state index contributed by atoms with van der Waals surface area (Å²) in [6, 6.07) is 6.21. The first kappa shape index (κ1) is 15.8. The van der Waals surface area contributed by atoms with Crippen LogP contribution in [-0.4, -0.2) is 44.1 Å². The van der Waals surface area contributed by atoms with Crippen LogP contribution in [0.15, 0.2) is 18.2 Å². The summed E-state index contributed by atoms with van der Waals surface area (Å²) < 4.78 is 5.41. The maximum atomic E-state index is 12.4. The van der Waals surface area contributed by atoms with Gasteiger partial charge in [0.05, 0.1) is 7.11 Å². The van der Waals surface area contributed by atoms with E-state index in [4.69, 9.17) is 4.74 Å². The van der Waals surface area contributed by atoms with E-state index in [-0.39, 0.29) is 11.8 Å². The van der Waals surface area contributed by atoms with E-state index in [2.05, 4.69) is 24.4 Å². The molecular formula is C17H26N2O2. The Bertz CT molecular complexity index is 482. The van der Waals surface area contributed by atoms with Crippen molar-refractivity contribution in [1.29, 1.82) is 0 Å². The van der Waals surface area contributed by atoms with Crippen molar-refractivity contribution in [2.75, 3.05) is 33.3 Å². The Labute approximate surface area is 127 Å². The van der Waals surface area contributed by atoms with Crippen molar-refractivity contribution in [2.24, 2.45) is 5.92 Å². The van der Waals surface area contributed by atoms with E-state index >= 15 is 0 Å². The molecule has 1 heterocycles. The van der Waals surface area contributed by atoms with Crippen molar-refractivity contribution < 1.29 is 9.53 Å². The second-order valence-corrected chi connectivity index (χ2v) is 5.83. The largest absolute Gasteiger partial charge is 0.496 e. The topological polar surface area (TPSA) is 41.6 Å². The van der Waals surface area contributed by atoms with Gasteiger partial charge >= 0.3 is 0 Å². The summed E-state index contributed by atoms with van der Waals surface area (Å²) in [6.45, 7) is 7.59. The maximum Gasteiger partial charge on any atom is 0.225 e. The molecule has 1 unspecified atom stereocenters. The number of rotatable bonds is 5. The molecule has 1 N–H and O–H groups in total. The Balaban J connectivity index is 1.92. The summed E-state index contributed by atoms with van der Waals surface area (Å²) in [4.78, 5) is 14.4. The number of carbonyl (C=O) groups excluding carboxylic acids is 1. The standard InChI is InChI=1S/C17H26N2O2/c1-13-4-7-16(21-3)15(12-13)6-5-14(2)17(20)19-10-8-18-9-11-19/h4,7,12,14,18H,5-6,8-11H2,1-3H3. The van der Waals surface area contributed by atoms with Crippen molar-refractivity contribution in [3.63, 3.8) is 0 Å². The zero-order valence-corrected chi connectivity index (χ0v) is 13.3. The molecule has 0 saturated carbocycles. The van der Waals surface area contributed by atoms with Crippen molar-refractivity contribution in [2.45, 2.75) is 26.7 Å². The number of piperazine rings is 1. The van der Waals surface area contributed by atoms with Gasteiger partial charge in [-0.25, -0.2) is 0 Å². The minimum Gasteiger partial charge on any atom is -0.496 e. The van der Waals surface area contributed by atoms with E-state index in [9.17, 15) is 4.79 Å². The van der Waals surface area contributed by atoms with Crippen LogP contribution >= 0.6 is 0 Å². The lowest BCUT2D eigenvalue weighted by molar-refractivity contribution is -0.135. The summed E-state index contributed by atoms with van der Waals surface area (Å²) in [5.41, 5.74) is 2.42. The fraction of sp³-hybridized carbons (Fsp3) is 0.588. The Hall–Kier alpha value is -1.55. The molecule has 1 amide bonds. The number of nitrogens with zero attached hydrogens (tertiary/aromatic N) is 1. The molecule has 1 aromatic carbocycles. The van der Waals surface area contributed by atoms with Gasteiger partial charge in [-0.15, -0.1) is 0 Å². The second-order valence-electron chi connectivity index (χ2n) is 5.83. The van der Waals surface area contributed by atoms with Crippen LogP contribution in [0.3, 0.4) is 0 Å². The van der Waals surface area contributed by atoms with Crippen LogP contribution in [0.1, 0.15) is 24.5 Å². The zero-order valence-electron chi connectivity index (χ0n) is 13.3. The predicted molar refractivity (Wildman–Crippen MR) is 84.7 cm³/mol. The SMILES string of the molecule is COc1ccc(C)cc1CCC(C)C(=O)N1CCNCC1. The zero-order chi connectivity index (χ0) is 15.2. The molecule has 1 aliphatic rings. The van der Waals surface area contributed by atoms with Crippen molar-refractivity contribution in [3.8, 4) is 5.75 Å². The summed E-state index contributed by atoms with van der Waals surface area (Å²) in [6.07, 6.45) is 1.74. The Morgan fingerprint density at radius 3 is 2.76 bits per heavy atom. The third kappa shape index (κ3) is 4.21.